The van der Waals surface area contributed by atoms with Gasteiger partial charge in [-0.1, -0.05) is 6.92 Å². The van der Waals surface area contributed by atoms with E-state index in [0.29, 0.717) is 35.7 Å². The Balaban J connectivity index is 0.00000272. The molecule has 0 aromatic carbocycles. The fraction of sp³-hybridized carbons (Fsp3) is 0.500. The molecule has 1 aromatic heterocycles. The molecule has 0 aliphatic carbocycles. The predicted octanol–water partition coefficient (Wildman–Crippen LogP) is 1.62. The lowest BCUT2D eigenvalue weighted by Crippen LogP contribution is -2.50. The van der Waals surface area contributed by atoms with E-state index >= 15 is 0 Å². The zero-order valence-corrected chi connectivity index (χ0v) is 22.1. The smallest absolute Gasteiger partial charge is 0.299 e. The van der Waals surface area contributed by atoms with Crippen LogP contribution in [0, 0.1) is 6.92 Å². The lowest BCUT2D eigenvalue weighted by molar-refractivity contribution is -0.118. The van der Waals surface area contributed by atoms with Crippen molar-refractivity contribution in [2.45, 2.75) is 32.1 Å². The van der Waals surface area contributed by atoms with Crippen LogP contribution in [0.5, 0.6) is 0 Å². The summed E-state index contributed by atoms with van der Waals surface area (Å²) in [7, 11) is -4.12. The van der Waals surface area contributed by atoms with Gasteiger partial charge in [0.2, 0.25) is 5.91 Å². The van der Waals surface area contributed by atoms with Crippen LogP contribution in [0.25, 0.3) is 4.91 Å². The summed E-state index contributed by atoms with van der Waals surface area (Å²) in [5, 5.41) is -0.473. The Morgan fingerprint density at radius 1 is 1.24 bits per heavy atom. The molecule has 2 aliphatic heterocycles. The van der Waals surface area contributed by atoms with Gasteiger partial charge in [-0.05, 0) is 38.6 Å². The number of likely N-dealkylation sites (N-methyl/N-ethyl adjacent to an activating group) is 1. The number of primary amides is 1. The molecule has 1 aromatic rings. The monoisotopic (exact) mass is 542 g/mol. The number of pyridine rings is 1. The maximum atomic E-state index is 12.3. The second-order valence-corrected chi connectivity index (χ2v) is 11.9. The van der Waals surface area contributed by atoms with Crippen molar-refractivity contribution < 1.29 is 17.8 Å². The molecular formula is C20H32Cl2N4O5S2. The van der Waals surface area contributed by atoms with E-state index in [2.05, 4.69) is 14.8 Å². The van der Waals surface area contributed by atoms with Crippen LogP contribution in [0.2, 0.25) is 0 Å². The molecule has 2 aliphatic rings. The number of amides is 1. The molecule has 188 valence electrons. The van der Waals surface area contributed by atoms with Crippen LogP contribution in [0.1, 0.15) is 30.2 Å². The molecule has 0 radical (unpaired) electrons. The van der Waals surface area contributed by atoms with E-state index in [1.165, 1.54) is 6.08 Å². The summed E-state index contributed by atoms with van der Waals surface area (Å²) < 4.78 is 34.4. The summed E-state index contributed by atoms with van der Waals surface area (Å²) in [6, 6.07) is 1.78. The molecule has 3 heterocycles. The minimum atomic E-state index is -4.48. The van der Waals surface area contributed by atoms with Gasteiger partial charge in [-0.15, -0.1) is 24.8 Å². The minimum absolute atomic E-state index is 0. The molecule has 13 heteroatoms. The third kappa shape index (κ3) is 6.62. The van der Waals surface area contributed by atoms with Crippen molar-refractivity contribution in [1.29, 1.82) is 0 Å². The number of rotatable bonds is 7. The molecule has 1 amide bonds. The van der Waals surface area contributed by atoms with Crippen LogP contribution < -0.4 is 11.3 Å². The number of hydrogen-bond donors (Lipinski definition) is 4. The third-order valence-corrected chi connectivity index (χ3v) is 10.3. The van der Waals surface area contributed by atoms with Gasteiger partial charge in [0, 0.05) is 47.9 Å². The zero-order valence-electron chi connectivity index (χ0n) is 18.8. The number of piperazine rings is 1. The quantitative estimate of drug-likeness (QED) is 0.303. The molecule has 1 saturated heterocycles. The number of carbonyl (C=O) groups excluding carboxylic acids is 1. The maximum absolute atomic E-state index is 12.3. The zero-order chi connectivity index (χ0) is 22.9. The average molecular weight is 544 g/mol. The van der Waals surface area contributed by atoms with E-state index in [0.717, 1.165) is 18.7 Å². The highest BCUT2D eigenvalue weighted by Crippen LogP contribution is 2.59. The number of aromatic amines is 1. The standard InChI is InChI=1S/C20H30N4O5S2.2ClH/c1-4-14-11-15(13(2)22-20(14)26)16-5-6-19(31(27,28)29)30(16)18(12-17(21)25)24-9-7-23(3)8-10-24;;/h5-6,11,18,30H,4,7-10,12H2,1-3H3,(H2,21,25)(H,22,26)(H,27,28,29);2*1H. The van der Waals surface area contributed by atoms with Crippen molar-refractivity contribution in [3.63, 3.8) is 0 Å². The number of nitrogens with zero attached hydrogens (tertiary/aromatic N) is 2. The van der Waals surface area contributed by atoms with Gasteiger partial charge in [0.15, 0.2) is 0 Å². The Kier molecular flexibility index (Phi) is 10.7. The molecule has 0 bridgehead atoms. The van der Waals surface area contributed by atoms with E-state index < -0.39 is 32.3 Å². The Morgan fingerprint density at radius 2 is 1.85 bits per heavy atom. The first kappa shape index (κ1) is 29.7. The Hall–Kier alpha value is -1.34. The number of aromatic nitrogens is 1. The van der Waals surface area contributed by atoms with Crippen molar-refractivity contribution >= 4 is 56.6 Å². The summed E-state index contributed by atoms with van der Waals surface area (Å²) in [4.78, 5) is 32.0. The van der Waals surface area contributed by atoms with E-state index in [4.69, 9.17) is 5.73 Å². The van der Waals surface area contributed by atoms with Crippen molar-refractivity contribution in [2.75, 3.05) is 33.2 Å². The maximum Gasteiger partial charge on any atom is 0.299 e. The summed E-state index contributed by atoms with van der Waals surface area (Å²) >= 11 is 0. The highest BCUT2D eigenvalue weighted by molar-refractivity contribution is 8.35. The number of allylic oxidation sites excluding steroid dienone is 2. The molecule has 9 nitrogen and oxygen atoms in total. The van der Waals surface area contributed by atoms with Gasteiger partial charge >= 0.3 is 0 Å². The molecule has 0 spiro atoms. The van der Waals surface area contributed by atoms with E-state index in [1.54, 1.807) is 19.1 Å². The highest BCUT2D eigenvalue weighted by Gasteiger charge is 2.39. The van der Waals surface area contributed by atoms with Crippen LogP contribution in [-0.4, -0.2) is 72.3 Å². The van der Waals surface area contributed by atoms with Crippen LogP contribution in [0.15, 0.2) is 27.3 Å². The largest absolute Gasteiger partial charge is 0.370 e. The van der Waals surface area contributed by atoms with Gasteiger partial charge in [0.1, 0.15) is 4.24 Å². The molecule has 1 fully saturated rings. The van der Waals surface area contributed by atoms with E-state index in [1.807, 2.05) is 14.0 Å². The van der Waals surface area contributed by atoms with Crippen LogP contribution in [-0.2, 0) is 21.3 Å². The highest BCUT2D eigenvalue weighted by atomic mass is 35.5. The first-order valence-corrected chi connectivity index (χ1v) is 13.0. The molecule has 3 rings (SSSR count). The van der Waals surface area contributed by atoms with Gasteiger partial charge in [-0.25, -0.2) is 0 Å². The molecule has 0 saturated carbocycles. The normalized spacial score (nSPS) is 21.4. The average Bonchev–Trinajstić information content (AvgIpc) is 3.12. The molecular weight excluding hydrogens is 511 g/mol. The minimum Gasteiger partial charge on any atom is -0.370 e. The number of nitrogens with two attached hydrogens (primary N) is 1. The number of carbonyl (C=O) groups is 1. The van der Waals surface area contributed by atoms with Crippen molar-refractivity contribution in [2.24, 2.45) is 5.73 Å². The van der Waals surface area contributed by atoms with Gasteiger partial charge in [-0.3, -0.25) is 19.0 Å². The number of thiol groups is 1. The van der Waals surface area contributed by atoms with Gasteiger partial charge < -0.3 is 15.6 Å². The first-order valence-electron chi connectivity index (χ1n) is 10.2. The Bertz CT molecular complexity index is 1100. The predicted molar refractivity (Wildman–Crippen MR) is 139 cm³/mol. The van der Waals surface area contributed by atoms with Crippen LogP contribution >= 0.6 is 35.7 Å². The number of hydrogen-bond acceptors (Lipinski definition) is 6. The van der Waals surface area contributed by atoms with E-state index in [9.17, 15) is 22.6 Å². The second kappa shape index (κ2) is 11.9. The van der Waals surface area contributed by atoms with Crippen LogP contribution in [0.4, 0.5) is 0 Å². The summed E-state index contributed by atoms with van der Waals surface area (Å²) in [6.45, 7) is 6.50. The summed E-state index contributed by atoms with van der Waals surface area (Å²) in [6.07, 6.45) is 3.59. The van der Waals surface area contributed by atoms with E-state index in [-0.39, 0.29) is 41.0 Å². The SMILES string of the molecule is CCc1cc(C2=CC=C(S(=O)(=O)O)[SH]2C(CC(N)=O)N2CCN(C)CC2)c(C)[nH]c1=O.Cl.Cl. The van der Waals surface area contributed by atoms with Gasteiger partial charge in [-0.2, -0.15) is 19.3 Å². The number of nitrogens with one attached hydrogen (secondary N) is 1. The molecule has 4 N–H and O–H groups in total. The Labute approximate surface area is 209 Å². The number of halogens is 2. The van der Waals surface area contributed by atoms with Crippen molar-refractivity contribution in [1.82, 2.24) is 14.8 Å². The van der Waals surface area contributed by atoms with Crippen molar-refractivity contribution in [3.8, 4) is 0 Å². The van der Waals surface area contributed by atoms with Crippen molar-refractivity contribution in [3.05, 3.63) is 49.6 Å². The lowest BCUT2D eigenvalue weighted by Gasteiger charge is -2.43. The Morgan fingerprint density at radius 3 is 2.36 bits per heavy atom. The first-order chi connectivity index (χ1) is 14.5. The molecule has 33 heavy (non-hydrogen) atoms. The number of aryl methyl sites for hydroxylation is 2. The summed E-state index contributed by atoms with van der Waals surface area (Å²) in [5.41, 5.74) is 7.31. The third-order valence-electron chi connectivity index (χ3n) is 5.76. The fourth-order valence-electron chi connectivity index (χ4n) is 4.04. The molecule has 2 unspecified atom stereocenters. The van der Waals surface area contributed by atoms with Gasteiger partial charge in [0.05, 0.1) is 11.8 Å². The lowest BCUT2D eigenvalue weighted by atomic mass is 10.1. The fourth-order valence-corrected chi connectivity index (χ4v) is 8.67. The second-order valence-electron chi connectivity index (χ2n) is 7.91. The van der Waals surface area contributed by atoms with Crippen LogP contribution in [0.3, 0.4) is 0 Å². The number of H-pyrrole nitrogens is 1. The summed E-state index contributed by atoms with van der Waals surface area (Å²) in [5.74, 6) is -0.528. The molecule has 2 atom stereocenters. The van der Waals surface area contributed by atoms with Gasteiger partial charge in [0.25, 0.3) is 15.7 Å². The topological polar surface area (TPSA) is 137 Å².